The van der Waals surface area contributed by atoms with Gasteiger partial charge >= 0.3 is 0 Å². The fourth-order valence-electron chi connectivity index (χ4n) is 3.66. The lowest BCUT2D eigenvalue weighted by atomic mass is 9.79. The second-order valence-electron chi connectivity index (χ2n) is 6.34. The zero-order valence-electron chi connectivity index (χ0n) is 11.9. The van der Waals surface area contributed by atoms with E-state index in [4.69, 9.17) is 4.74 Å². The predicted octanol–water partition coefficient (Wildman–Crippen LogP) is 2.49. The Morgan fingerprint density at radius 2 is 1.94 bits per heavy atom. The van der Waals surface area contributed by atoms with Crippen LogP contribution in [0, 0.1) is 11.3 Å². The maximum atomic E-state index is 11.5. The van der Waals surface area contributed by atoms with E-state index < -0.39 is 0 Å². The van der Waals surface area contributed by atoms with Crippen molar-refractivity contribution in [2.45, 2.75) is 51.5 Å². The van der Waals surface area contributed by atoms with Crippen LogP contribution in [0.15, 0.2) is 0 Å². The summed E-state index contributed by atoms with van der Waals surface area (Å²) < 4.78 is 5.40. The molecule has 0 aromatic heterocycles. The molecule has 18 heavy (non-hydrogen) atoms. The minimum Gasteiger partial charge on any atom is -0.381 e. The summed E-state index contributed by atoms with van der Waals surface area (Å²) in [4.78, 5) is 13.9. The molecule has 0 bridgehead atoms. The SMILES string of the molecule is CC1CCCCC1N(C)CC1(C=O)CCOCC1. The Morgan fingerprint density at radius 1 is 1.28 bits per heavy atom. The molecule has 1 saturated carbocycles. The highest BCUT2D eigenvalue weighted by molar-refractivity contribution is 5.60. The first kappa shape index (κ1) is 14.0. The van der Waals surface area contributed by atoms with E-state index in [1.54, 1.807) is 0 Å². The summed E-state index contributed by atoms with van der Waals surface area (Å²) in [5.41, 5.74) is -0.149. The smallest absolute Gasteiger partial charge is 0.127 e. The van der Waals surface area contributed by atoms with Crippen LogP contribution >= 0.6 is 0 Å². The number of hydrogen-bond acceptors (Lipinski definition) is 3. The summed E-state index contributed by atoms with van der Waals surface area (Å²) in [6.07, 6.45) is 8.33. The van der Waals surface area contributed by atoms with Gasteiger partial charge in [-0.25, -0.2) is 0 Å². The number of carbonyl (C=O) groups excluding carboxylic acids is 1. The van der Waals surface area contributed by atoms with Gasteiger partial charge < -0.3 is 14.4 Å². The van der Waals surface area contributed by atoms with Crippen LogP contribution in [0.2, 0.25) is 0 Å². The summed E-state index contributed by atoms with van der Waals surface area (Å²) in [6.45, 7) is 4.76. The lowest BCUT2D eigenvalue weighted by molar-refractivity contribution is -0.123. The molecule has 0 aromatic rings. The van der Waals surface area contributed by atoms with E-state index >= 15 is 0 Å². The van der Waals surface area contributed by atoms with Crippen LogP contribution < -0.4 is 0 Å². The molecule has 2 atom stereocenters. The van der Waals surface area contributed by atoms with Gasteiger partial charge in [-0.3, -0.25) is 0 Å². The fourth-order valence-corrected chi connectivity index (χ4v) is 3.66. The zero-order valence-corrected chi connectivity index (χ0v) is 11.9. The summed E-state index contributed by atoms with van der Waals surface area (Å²) in [5.74, 6) is 0.771. The number of nitrogens with zero attached hydrogens (tertiary/aromatic N) is 1. The minimum atomic E-state index is -0.149. The van der Waals surface area contributed by atoms with E-state index in [1.165, 1.54) is 32.0 Å². The Hall–Kier alpha value is -0.410. The second kappa shape index (κ2) is 6.16. The van der Waals surface area contributed by atoms with E-state index in [0.29, 0.717) is 6.04 Å². The molecule has 1 saturated heterocycles. The van der Waals surface area contributed by atoms with Crippen molar-refractivity contribution < 1.29 is 9.53 Å². The average Bonchev–Trinajstić information content (AvgIpc) is 2.40. The third-order valence-electron chi connectivity index (χ3n) is 4.94. The van der Waals surface area contributed by atoms with Gasteiger partial charge in [0.2, 0.25) is 0 Å². The van der Waals surface area contributed by atoms with Crippen molar-refractivity contribution in [3.8, 4) is 0 Å². The number of carbonyl (C=O) groups is 1. The van der Waals surface area contributed by atoms with E-state index in [1.807, 2.05) is 0 Å². The monoisotopic (exact) mass is 253 g/mol. The Bertz CT molecular complexity index is 274. The first-order valence-electron chi connectivity index (χ1n) is 7.41. The summed E-state index contributed by atoms with van der Waals surface area (Å²) in [6, 6.07) is 0.665. The van der Waals surface area contributed by atoms with E-state index in [-0.39, 0.29) is 5.41 Å². The summed E-state index contributed by atoms with van der Waals surface area (Å²) in [5, 5.41) is 0. The second-order valence-corrected chi connectivity index (χ2v) is 6.34. The fraction of sp³-hybridized carbons (Fsp3) is 0.933. The van der Waals surface area contributed by atoms with Gasteiger partial charge in [0, 0.05) is 31.2 Å². The van der Waals surface area contributed by atoms with Crippen molar-refractivity contribution in [3.05, 3.63) is 0 Å². The molecule has 104 valence electrons. The topological polar surface area (TPSA) is 29.5 Å². The quantitative estimate of drug-likeness (QED) is 0.721. The van der Waals surface area contributed by atoms with Crippen LogP contribution in [0.25, 0.3) is 0 Å². The molecule has 0 radical (unpaired) electrons. The highest BCUT2D eigenvalue weighted by Crippen LogP contribution is 2.33. The number of rotatable bonds is 4. The van der Waals surface area contributed by atoms with Gasteiger partial charge in [-0.05, 0) is 38.6 Å². The maximum absolute atomic E-state index is 11.5. The maximum Gasteiger partial charge on any atom is 0.127 e. The van der Waals surface area contributed by atoms with Gasteiger partial charge in [-0.1, -0.05) is 19.8 Å². The molecule has 1 aliphatic heterocycles. The van der Waals surface area contributed by atoms with Crippen molar-refractivity contribution in [2.75, 3.05) is 26.8 Å². The Kier molecular flexibility index (Phi) is 4.79. The Morgan fingerprint density at radius 3 is 2.56 bits per heavy atom. The van der Waals surface area contributed by atoms with Crippen molar-refractivity contribution in [1.29, 1.82) is 0 Å². The molecule has 2 unspecified atom stereocenters. The molecule has 2 aliphatic rings. The van der Waals surface area contributed by atoms with Crippen LogP contribution in [-0.2, 0) is 9.53 Å². The number of aldehydes is 1. The third kappa shape index (κ3) is 3.12. The van der Waals surface area contributed by atoms with Gasteiger partial charge in [0.25, 0.3) is 0 Å². The molecule has 1 aliphatic carbocycles. The standard InChI is InChI=1S/C15H27NO2/c1-13-5-3-4-6-14(13)16(2)11-15(12-17)7-9-18-10-8-15/h12-14H,3-11H2,1-2H3. The van der Waals surface area contributed by atoms with Crippen molar-refractivity contribution in [3.63, 3.8) is 0 Å². The highest BCUT2D eigenvalue weighted by atomic mass is 16.5. The normalized spacial score (nSPS) is 32.4. The minimum absolute atomic E-state index is 0.149. The summed E-state index contributed by atoms with van der Waals surface area (Å²) >= 11 is 0. The molecule has 0 spiro atoms. The van der Waals surface area contributed by atoms with E-state index in [9.17, 15) is 4.79 Å². The van der Waals surface area contributed by atoms with Crippen LogP contribution in [0.5, 0.6) is 0 Å². The first-order chi connectivity index (χ1) is 8.67. The van der Waals surface area contributed by atoms with Crippen LogP contribution in [0.1, 0.15) is 45.4 Å². The van der Waals surface area contributed by atoms with Gasteiger partial charge in [-0.2, -0.15) is 0 Å². The molecule has 0 aromatic carbocycles. The predicted molar refractivity (Wildman–Crippen MR) is 72.6 cm³/mol. The van der Waals surface area contributed by atoms with Crippen molar-refractivity contribution in [2.24, 2.45) is 11.3 Å². The molecule has 1 heterocycles. The molecule has 0 amide bonds. The van der Waals surface area contributed by atoms with E-state index in [0.717, 1.165) is 38.5 Å². The average molecular weight is 253 g/mol. The zero-order chi connectivity index (χ0) is 13.0. The molecule has 0 N–H and O–H groups in total. The van der Waals surface area contributed by atoms with Crippen LogP contribution in [0.3, 0.4) is 0 Å². The molecular weight excluding hydrogens is 226 g/mol. The van der Waals surface area contributed by atoms with E-state index in [2.05, 4.69) is 18.9 Å². The third-order valence-corrected chi connectivity index (χ3v) is 4.94. The van der Waals surface area contributed by atoms with Gasteiger partial charge in [0.15, 0.2) is 0 Å². The Balaban J connectivity index is 1.95. The lowest BCUT2D eigenvalue weighted by Gasteiger charge is -2.42. The first-order valence-corrected chi connectivity index (χ1v) is 7.41. The summed E-state index contributed by atoms with van der Waals surface area (Å²) in [7, 11) is 2.20. The number of hydrogen-bond donors (Lipinski definition) is 0. The van der Waals surface area contributed by atoms with Gasteiger partial charge in [0.1, 0.15) is 6.29 Å². The van der Waals surface area contributed by atoms with Crippen LogP contribution in [-0.4, -0.2) is 44.0 Å². The number of ether oxygens (including phenoxy) is 1. The molecule has 3 nitrogen and oxygen atoms in total. The van der Waals surface area contributed by atoms with Crippen molar-refractivity contribution in [1.82, 2.24) is 4.90 Å². The highest BCUT2D eigenvalue weighted by Gasteiger charge is 2.36. The molecule has 2 fully saturated rings. The lowest BCUT2D eigenvalue weighted by Crippen LogP contribution is -2.47. The molecule has 3 heteroatoms. The molecule has 2 rings (SSSR count). The Labute approximate surface area is 111 Å². The molecular formula is C15H27NO2. The van der Waals surface area contributed by atoms with Gasteiger partial charge in [0.05, 0.1) is 0 Å². The van der Waals surface area contributed by atoms with Crippen LogP contribution in [0.4, 0.5) is 0 Å². The van der Waals surface area contributed by atoms with Crippen molar-refractivity contribution >= 4 is 6.29 Å². The largest absolute Gasteiger partial charge is 0.381 e. The van der Waals surface area contributed by atoms with Gasteiger partial charge in [-0.15, -0.1) is 0 Å².